The second-order valence-electron chi connectivity index (χ2n) is 4.59. The molecule has 2 N–H and O–H groups in total. The van der Waals surface area contributed by atoms with Crippen molar-refractivity contribution < 1.29 is 9.53 Å². The van der Waals surface area contributed by atoms with Gasteiger partial charge in [0.15, 0.2) is 0 Å². The molecular formula is C15H20N4O2. The summed E-state index contributed by atoms with van der Waals surface area (Å²) in [7, 11) is 1.64. The highest BCUT2D eigenvalue weighted by Crippen LogP contribution is 2.15. The van der Waals surface area contributed by atoms with Crippen LogP contribution < -0.4 is 10.6 Å². The third kappa shape index (κ3) is 4.92. The fourth-order valence-corrected chi connectivity index (χ4v) is 1.93. The number of urea groups is 1. The van der Waals surface area contributed by atoms with Crippen LogP contribution in [-0.4, -0.2) is 36.1 Å². The fraction of sp³-hybridized carbons (Fsp3) is 0.333. The number of amides is 2. The van der Waals surface area contributed by atoms with Crippen LogP contribution in [0.1, 0.15) is 12.0 Å². The number of ether oxygens (including phenoxy) is 1. The molecule has 2 aromatic rings. The molecule has 21 heavy (non-hydrogen) atoms. The number of anilines is 1. The first kappa shape index (κ1) is 15.1. The molecule has 0 saturated carbocycles. The van der Waals surface area contributed by atoms with Gasteiger partial charge in [0.25, 0.3) is 0 Å². The van der Waals surface area contributed by atoms with Crippen LogP contribution in [0.15, 0.2) is 42.7 Å². The van der Waals surface area contributed by atoms with Gasteiger partial charge >= 0.3 is 6.03 Å². The Balaban J connectivity index is 1.91. The van der Waals surface area contributed by atoms with Gasteiger partial charge in [-0.1, -0.05) is 18.2 Å². The number of hydrogen-bond donors (Lipinski definition) is 2. The van der Waals surface area contributed by atoms with Gasteiger partial charge in [0.2, 0.25) is 0 Å². The van der Waals surface area contributed by atoms with Gasteiger partial charge in [-0.25, -0.2) is 4.79 Å². The lowest BCUT2D eigenvalue weighted by atomic mass is 10.2. The van der Waals surface area contributed by atoms with Crippen molar-refractivity contribution in [3.05, 3.63) is 48.3 Å². The Morgan fingerprint density at radius 1 is 1.33 bits per heavy atom. The lowest BCUT2D eigenvalue weighted by molar-refractivity contribution is 0.194. The van der Waals surface area contributed by atoms with Crippen LogP contribution in [0.5, 0.6) is 0 Å². The molecule has 2 amide bonds. The van der Waals surface area contributed by atoms with Crippen LogP contribution in [0.3, 0.4) is 0 Å². The monoisotopic (exact) mass is 288 g/mol. The summed E-state index contributed by atoms with van der Waals surface area (Å²) in [5.74, 6) is 0. The molecule has 2 rings (SSSR count). The van der Waals surface area contributed by atoms with Gasteiger partial charge in [-0.05, 0) is 24.1 Å². The number of rotatable bonds is 7. The van der Waals surface area contributed by atoms with Crippen molar-refractivity contribution >= 4 is 11.7 Å². The van der Waals surface area contributed by atoms with Crippen molar-refractivity contribution in [2.75, 3.05) is 25.6 Å². The lowest BCUT2D eigenvalue weighted by Gasteiger charge is -2.12. The summed E-state index contributed by atoms with van der Waals surface area (Å²) in [6.07, 6.45) is 4.42. The second-order valence-corrected chi connectivity index (χ2v) is 4.59. The predicted octanol–water partition coefficient (Wildman–Crippen LogP) is 2.09. The summed E-state index contributed by atoms with van der Waals surface area (Å²) in [6.45, 7) is 1.84. The summed E-state index contributed by atoms with van der Waals surface area (Å²) < 4.78 is 6.75. The quantitative estimate of drug-likeness (QED) is 0.767. The highest BCUT2D eigenvalue weighted by atomic mass is 16.5. The van der Waals surface area contributed by atoms with Crippen LogP contribution in [0.4, 0.5) is 10.5 Å². The van der Waals surface area contributed by atoms with E-state index in [4.69, 9.17) is 4.74 Å². The summed E-state index contributed by atoms with van der Waals surface area (Å²) in [5.41, 5.74) is 1.80. The molecule has 0 atom stereocenters. The Morgan fingerprint density at radius 2 is 2.19 bits per heavy atom. The second kappa shape index (κ2) is 8.06. The average Bonchev–Trinajstić information content (AvgIpc) is 2.99. The van der Waals surface area contributed by atoms with Crippen LogP contribution in [0, 0.1) is 0 Å². The lowest BCUT2D eigenvalue weighted by Crippen LogP contribution is -2.30. The molecule has 0 radical (unpaired) electrons. The topological polar surface area (TPSA) is 68.2 Å². The highest BCUT2D eigenvalue weighted by Gasteiger charge is 2.06. The SMILES string of the molecule is COCCCNC(=O)Nc1ccccc1Cn1cccn1. The number of benzene rings is 1. The molecule has 1 heterocycles. The van der Waals surface area contributed by atoms with Gasteiger partial charge in [0, 0.05) is 38.3 Å². The molecule has 0 unspecified atom stereocenters. The van der Waals surface area contributed by atoms with Gasteiger partial charge in [-0.3, -0.25) is 4.68 Å². The first-order chi connectivity index (χ1) is 10.3. The molecule has 0 aliphatic carbocycles. The maximum atomic E-state index is 11.8. The number of carbonyl (C=O) groups excluding carboxylic acids is 1. The smallest absolute Gasteiger partial charge is 0.319 e. The van der Waals surface area contributed by atoms with E-state index in [1.54, 1.807) is 13.3 Å². The van der Waals surface area contributed by atoms with Gasteiger partial charge in [0.05, 0.1) is 6.54 Å². The Morgan fingerprint density at radius 3 is 2.95 bits per heavy atom. The third-order valence-electron chi connectivity index (χ3n) is 2.97. The fourth-order valence-electron chi connectivity index (χ4n) is 1.93. The molecule has 1 aromatic heterocycles. The Kier molecular flexibility index (Phi) is 5.78. The van der Waals surface area contributed by atoms with Crippen LogP contribution >= 0.6 is 0 Å². The molecule has 1 aromatic carbocycles. The van der Waals surface area contributed by atoms with Crippen LogP contribution in [-0.2, 0) is 11.3 Å². The molecule has 0 aliphatic rings. The zero-order valence-corrected chi connectivity index (χ0v) is 12.1. The van der Waals surface area contributed by atoms with Crippen molar-refractivity contribution in [3.8, 4) is 0 Å². The standard InChI is InChI=1S/C15H20N4O2/c1-21-11-5-8-16-15(20)18-14-7-3-2-6-13(14)12-19-10-4-9-17-19/h2-4,6-7,9-10H,5,8,11-12H2,1H3,(H2,16,18,20). The third-order valence-corrected chi connectivity index (χ3v) is 2.97. The number of nitrogens with one attached hydrogen (secondary N) is 2. The maximum absolute atomic E-state index is 11.8. The van der Waals surface area contributed by atoms with E-state index >= 15 is 0 Å². The van der Waals surface area contributed by atoms with Crippen molar-refractivity contribution in [3.63, 3.8) is 0 Å². The van der Waals surface area contributed by atoms with E-state index in [-0.39, 0.29) is 6.03 Å². The number of nitrogens with zero attached hydrogens (tertiary/aromatic N) is 2. The largest absolute Gasteiger partial charge is 0.385 e. The zero-order chi connectivity index (χ0) is 14.9. The van der Waals surface area contributed by atoms with Gasteiger partial charge in [-0.2, -0.15) is 5.10 Å². The minimum Gasteiger partial charge on any atom is -0.385 e. The summed E-state index contributed by atoms with van der Waals surface area (Å²) >= 11 is 0. The van der Waals surface area contributed by atoms with E-state index in [1.165, 1.54) is 0 Å². The minimum atomic E-state index is -0.209. The molecule has 0 spiro atoms. The Bertz CT molecular complexity index is 555. The number of carbonyl (C=O) groups is 1. The predicted molar refractivity (Wildman–Crippen MR) is 81.3 cm³/mol. The van der Waals surface area contributed by atoms with Crippen molar-refractivity contribution in [1.82, 2.24) is 15.1 Å². The average molecular weight is 288 g/mol. The van der Waals surface area contributed by atoms with Gasteiger partial charge in [0.1, 0.15) is 0 Å². The first-order valence-electron chi connectivity index (χ1n) is 6.88. The van der Waals surface area contributed by atoms with Crippen molar-refractivity contribution in [2.24, 2.45) is 0 Å². The minimum absolute atomic E-state index is 0.209. The molecular weight excluding hydrogens is 268 g/mol. The normalized spacial score (nSPS) is 10.3. The summed E-state index contributed by atoms with van der Waals surface area (Å²) in [4.78, 5) is 11.8. The number of hydrogen-bond acceptors (Lipinski definition) is 3. The van der Waals surface area contributed by atoms with Crippen molar-refractivity contribution in [2.45, 2.75) is 13.0 Å². The number of aromatic nitrogens is 2. The summed E-state index contributed by atoms with van der Waals surface area (Å²) in [5, 5.41) is 9.84. The van der Waals surface area contributed by atoms with Crippen LogP contribution in [0.2, 0.25) is 0 Å². The molecule has 112 valence electrons. The van der Waals surface area contributed by atoms with Crippen LogP contribution in [0.25, 0.3) is 0 Å². The van der Waals surface area contributed by atoms with E-state index in [0.29, 0.717) is 19.7 Å². The van der Waals surface area contributed by atoms with E-state index in [1.807, 2.05) is 41.2 Å². The van der Waals surface area contributed by atoms with Gasteiger partial charge in [-0.15, -0.1) is 0 Å². The molecule has 0 aliphatic heterocycles. The molecule has 6 heteroatoms. The highest BCUT2D eigenvalue weighted by molar-refractivity contribution is 5.90. The van der Waals surface area contributed by atoms with Gasteiger partial charge < -0.3 is 15.4 Å². The molecule has 6 nitrogen and oxygen atoms in total. The Hall–Kier alpha value is -2.34. The molecule has 0 saturated heterocycles. The Labute approximate surface area is 124 Å². The van der Waals surface area contributed by atoms with E-state index in [0.717, 1.165) is 17.7 Å². The molecule has 0 fully saturated rings. The summed E-state index contributed by atoms with van der Waals surface area (Å²) in [6, 6.07) is 9.36. The maximum Gasteiger partial charge on any atom is 0.319 e. The zero-order valence-electron chi connectivity index (χ0n) is 12.1. The number of methoxy groups -OCH3 is 1. The number of para-hydroxylation sites is 1. The molecule has 0 bridgehead atoms. The van der Waals surface area contributed by atoms with Crippen molar-refractivity contribution in [1.29, 1.82) is 0 Å². The first-order valence-corrected chi connectivity index (χ1v) is 6.88. The van der Waals surface area contributed by atoms with E-state index < -0.39 is 0 Å². The van der Waals surface area contributed by atoms with E-state index in [9.17, 15) is 4.79 Å². The van der Waals surface area contributed by atoms with E-state index in [2.05, 4.69) is 15.7 Å².